The Bertz CT molecular complexity index is 1000. The number of carbonyl (C=O) groups is 2. The van der Waals surface area contributed by atoms with E-state index in [2.05, 4.69) is 37.3 Å². The van der Waals surface area contributed by atoms with Gasteiger partial charge in [0.1, 0.15) is 11.5 Å². The van der Waals surface area contributed by atoms with E-state index in [-0.39, 0.29) is 22.5 Å². The fraction of sp³-hybridized carbons (Fsp3) is 0.600. The zero-order valence-electron chi connectivity index (χ0n) is 20.4. The summed E-state index contributed by atoms with van der Waals surface area (Å²) in [7, 11) is 1.72. The van der Waals surface area contributed by atoms with E-state index in [9.17, 15) is 9.59 Å². The molecule has 33 heavy (non-hydrogen) atoms. The number of carbonyl (C=O) groups excluding carboxylic acids is 2. The fourth-order valence-corrected chi connectivity index (χ4v) is 8.36. The molecule has 0 aromatic heterocycles. The predicted molar refractivity (Wildman–Crippen MR) is 131 cm³/mol. The van der Waals surface area contributed by atoms with Crippen molar-refractivity contribution in [2.45, 2.75) is 71.6 Å². The molecule has 3 nitrogen and oxygen atoms in total. The molecular formula is C30H38O3. The van der Waals surface area contributed by atoms with Crippen molar-refractivity contribution in [1.29, 1.82) is 0 Å². The van der Waals surface area contributed by atoms with Crippen LogP contribution in [-0.2, 0) is 16.0 Å². The molecule has 0 radical (unpaired) electrons. The van der Waals surface area contributed by atoms with Gasteiger partial charge in [-0.05, 0) is 116 Å². The lowest BCUT2D eigenvalue weighted by molar-refractivity contribution is -0.128. The van der Waals surface area contributed by atoms with Crippen LogP contribution in [0.3, 0.4) is 0 Å². The maximum atomic E-state index is 12.8. The lowest BCUT2D eigenvalue weighted by Gasteiger charge is -2.57. The van der Waals surface area contributed by atoms with Crippen LogP contribution in [0.4, 0.5) is 0 Å². The van der Waals surface area contributed by atoms with E-state index in [1.807, 2.05) is 19.1 Å². The number of ether oxygens (including phenoxy) is 1. The number of aryl methyl sites for hydroxylation is 1. The topological polar surface area (TPSA) is 43.4 Å². The number of methoxy groups -OCH3 is 1. The van der Waals surface area contributed by atoms with Gasteiger partial charge in [-0.25, -0.2) is 0 Å². The van der Waals surface area contributed by atoms with Crippen molar-refractivity contribution in [1.82, 2.24) is 0 Å². The zero-order valence-corrected chi connectivity index (χ0v) is 20.4. The Balaban J connectivity index is 1.40. The van der Waals surface area contributed by atoms with E-state index in [4.69, 9.17) is 4.74 Å². The van der Waals surface area contributed by atoms with Crippen LogP contribution in [0.25, 0.3) is 0 Å². The van der Waals surface area contributed by atoms with Crippen molar-refractivity contribution < 1.29 is 14.3 Å². The van der Waals surface area contributed by atoms with Gasteiger partial charge in [0.15, 0.2) is 5.78 Å². The van der Waals surface area contributed by atoms with Gasteiger partial charge in [0.25, 0.3) is 0 Å². The van der Waals surface area contributed by atoms with E-state index in [1.165, 1.54) is 24.0 Å². The second-order valence-electron chi connectivity index (χ2n) is 11.4. The van der Waals surface area contributed by atoms with Crippen LogP contribution in [0.15, 0.2) is 48.1 Å². The number of benzene rings is 1. The number of hydrogen-bond donors (Lipinski definition) is 0. The molecule has 1 aromatic rings. The molecule has 0 bridgehead atoms. The molecule has 4 aliphatic carbocycles. The molecule has 3 heteroatoms. The Kier molecular flexibility index (Phi) is 5.87. The van der Waals surface area contributed by atoms with Gasteiger partial charge in [-0.15, -0.1) is 0 Å². The van der Waals surface area contributed by atoms with Crippen LogP contribution in [0.2, 0.25) is 0 Å². The van der Waals surface area contributed by atoms with Crippen LogP contribution in [0.5, 0.6) is 5.75 Å². The summed E-state index contributed by atoms with van der Waals surface area (Å²) in [4.78, 5) is 24.9. The smallest absolute Gasteiger partial charge is 0.156 e. The first-order valence-corrected chi connectivity index (χ1v) is 12.9. The highest BCUT2D eigenvalue weighted by molar-refractivity contribution is 5.92. The molecule has 0 saturated heterocycles. The van der Waals surface area contributed by atoms with E-state index in [1.54, 1.807) is 7.11 Å². The standard InChI is InChI=1S/C30H38O3/c1-20(31)26-11-12-28-25-10-9-22-19-23(32)13-16-29(22,2)27(25)14-17-30(26,28)15-5-7-21-6-4-8-24(18-21)33-3/h4,6,8-10,18-19,25-28H,5,7,11-17H2,1-3H3/t25-,26-,27+,28+,29+,30-/m1/s1. The molecule has 0 heterocycles. The largest absolute Gasteiger partial charge is 0.497 e. The maximum Gasteiger partial charge on any atom is 0.156 e. The highest BCUT2D eigenvalue weighted by atomic mass is 16.5. The van der Waals surface area contributed by atoms with Crippen LogP contribution >= 0.6 is 0 Å². The molecule has 0 unspecified atom stereocenters. The van der Waals surface area contributed by atoms with Crippen molar-refractivity contribution in [3.05, 3.63) is 53.6 Å². The van der Waals surface area contributed by atoms with Gasteiger partial charge in [0.05, 0.1) is 7.11 Å². The van der Waals surface area contributed by atoms with E-state index in [0.29, 0.717) is 30.0 Å². The van der Waals surface area contributed by atoms with Gasteiger partial charge in [0.2, 0.25) is 0 Å². The third-order valence-electron chi connectivity index (χ3n) is 9.96. The molecule has 0 N–H and O–H groups in total. The summed E-state index contributed by atoms with van der Waals surface area (Å²) in [6, 6.07) is 8.41. The first-order valence-electron chi connectivity index (χ1n) is 12.9. The molecule has 6 atom stereocenters. The second kappa shape index (κ2) is 8.56. The fourth-order valence-electron chi connectivity index (χ4n) is 8.36. The molecule has 4 aliphatic rings. The summed E-state index contributed by atoms with van der Waals surface area (Å²) in [6.07, 6.45) is 16.1. The second-order valence-corrected chi connectivity index (χ2v) is 11.4. The number of Topliss-reactive ketones (excluding diaryl/α,β-unsaturated/α-hetero) is 1. The van der Waals surface area contributed by atoms with E-state index in [0.717, 1.165) is 44.3 Å². The molecule has 0 aliphatic heterocycles. The van der Waals surface area contributed by atoms with Gasteiger partial charge < -0.3 is 4.74 Å². The Morgan fingerprint density at radius 3 is 2.79 bits per heavy atom. The minimum absolute atomic E-state index is 0.119. The molecule has 2 fully saturated rings. The molecule has 5 rings (SSSR count). The highest BCUT2D eigenvalue weighted by Gasteiger charge is 2.60. The first kappa shape index (κ1) is 22.6. The Morgan fingerprint density at radius 2 is 2.00 bits per heavy atom. The molecular weight excluding hydrogens is 408 g/mol. The SMILES string of the molecule is COc1cccc(CCC[C@]23CC[C@H]4[C@@H](C=CC5=CC(=O)CC[C@@]54C)[C@@H]2CC[C@@H]3C(C)=O)c1. The average molecular weight is 447 g/mol. The molecule has 2 saturated carbocycles. The zero-order chi connectivity index (χ0) is 23.2. The van der Waals surface area contributed by atoms with Crippen molar-refractivity contribution in [2.24, 2.45) is 34.5 Å². The molecule has 1 aromatic carbocycles. The van der Waals surface area contributed by atoms with Crippen LogP contribution in [0.1, 0.15) is 70.8 Å². The highest BCUT2D eigenvalue weighted by Crippen LogP contribution is 2.66. The van der Waals surface area contributed by atoms with Crippen LogP contribution in [-0.4, -0.2) is 18.7 Å². The summed E-state index contributed by atoms with van der Waals surface area (Å²) < 4.78 is 5.41. The number of allylic oxidation sites excluding steroid dienone is 4. The number of ketones is 2. The van der Waals surface area contributed by atoms with Gasteiger partial charge in [0, 0.05) is 12.3 Å². The average Bonchev–Trinajstić information content (AvgIpc) is 3.19. The minimum Gasteiger partial charge on any atom is -0.497 e. The van der Waals surface area contributed by atoms with Gasteiger partial charge >= 0.3 is 0 Å². The van der Waals surface area contributed by atoms with Gasteiger partial charge in [-0.3, -0.25) is 9.59 Å². The monoisotopic (exact) mass is 446 g/mol. The lowest BCUT2D eigenvalue weighted by atomic mass is 9.47. The number of fused-ring (bicyclic) bond motifs is 5. The minimum atomic E-state index is 0.119. The predicted octanol–water partition coefficient (Wildman–Crippen LogP) is 6.51. The van der Waals surface area contributed by atoms with Crippen LogP contribution in [0, 0.1) is 34.5 Å². The van der Waals surface area contributed by atoms with Crippen molar-refractivity contribution in [3.63, 3.8) is 0 Å². The van der Waals surface area contributed by atoms with Gasteiger partial charge in [-0.1, -0.05) is 31.2 Å². The summed E-state index contributed by atoms with van der Waals surface area (Å²) in [6.45, 7) is 4.23. The normalized spacial score (nSPS) is 37.1. The molecule has 176 valence electrons. The third kappa shape index (κ3) is 3.72. The first-order chi connectivity index (χ1) is 15.9. The lowest BCUT2D eigenvalue weighted by Crippen LogP contribution is -2.50. The summed E-state index contributed by atoms with van der Waals surface area (Å²) in [5, 5.41) is 0. The molecule has 0 spiro atoms. The number of rotatable bonds is 6. The summed E-state index contributed by atoms with van der Waals surface area (Å²) >= 11 is 0. The van der Waals surface area contributed by atoms with E-state index < -0.39 is 0 Å². The Morgan fingerprint density at radius 1 is 1.15 bits per heavy atom. The maximum absolute atomic E-state index is 12.8. The quantitative estimate of drug-likeness (QED) is 0.500. The van der Waals surface area contributed by atoms with Gasteiger partial charge in [-0.2, -0.15) is 0 Å². The summed E-state index contributed by atoms with van der Waals surface area (Å²) in [5.74, 6) is 3.53. The van der Waals surface area contributed by atoms with Crippen molar-refractivity contribution in [2.75, 3.05) is 7.11 Å². The number of hydrogen-bond acceptors (Lipinski definition) is 3. The van der Waals surface area contributed by atoms with E-state index >= 15 is 0 Å². The Labute approximate surface area is 198 Å². The van der Waals surface area contributed by atoms with Crippen LogP contribution < -0.4 is 4.74 Å². The van der Waals surface area contributed by atoms with Crippen molar-refractivity contribution in [3.8, 4) is 5.75 Å². The van der Waals surface area contributed by atoms with Crippen molar-refractivity contribution >= 4 is 11.6 Å². The molecule has 0 amide bonds. The Hall–Kier alpha value is -2.16. The third-order valence-corrected chi connectivity index (χ3v) is 9.96. The summed E-state index contributed by atoms with van der Waals surface area (Å²) in [5.41, 5.74) is 2.83.